The van der Waals surface area contributed by atoms with Gasteiger partial charge in [0.05, 0.1) is 19.3 Å². The van der Waals surface area contributed by atoms with Crippen molar-refractivity contribution < 1.29 is 75.9 Å². The van der Waals surface area contributed by atoms with Crippen molar-refractivity contribution in [3.05, 3.63) is 45.5 Å². The number of nitrogens with two attached hydrogens (primary N) is 2. The van der Waals surface area contributed by atoms with Gasteiger partial charge in [0.25, 0.3) is 0 Å². The van der Waals surface area contributed by atoms with E-state index in [0.29, 0.717) is 0 Å². The van der Waals surface area contributed by atoms with Crippen LogP contribution in [-0.2, 0) is 45.7 Å². The second-order valence-electron chi connectivity index (χ2n) is 9.30. The van der Waals surface area contributed by atoms with Crippen LogP contribution in [-0.4, -0.2) is 93.0 Å². The third-order valence-electron chi connectivity index (χ3n) is 6.14. The zero-order chi connectivity index (χ0) is 33.3. The van der Waals surface area contributed by atoms with Crippen LogP contribution < -0.4 is 22.8 Å². The fourth-order valence-electron chi connectivity index (χ4n) is 4.17. The highest BCUT2D eigenvalue weighted by Crippen LogP contribution is 2.67. The fourth-order valence-corrected chi connectivity index (χ4v) is 7.69. The number of hydrogen-bond donors (Lipinski definition) is 8. The van der Waals surface area contributed by atoms with Gasteiger partial charge >= 0.3 is 34.8 Å². The third kappa shape index (κ3) is 8.87. The molecule has 0 amide bonds. The third-order valence-corrected chi connectivity index (χ3v) is 10.4. The van der Waals surface area contributed by atoms with Crippen molar-refractivity contribution in [1.29, 1.82) is 0 Å². The van der Waals surface area contributed by atoms with Crippen molar-refractivity contribution in [1.82, 2.24) is 19.1 Å². The summed E-state index contributed by atoms with van der Waals surface area (Å²) in [4.78, 5) is 64.7. The molecule has 0 aromatic carbocycles. The first kappa shape index (κ1) is 35.4. The van der Waals surface area contributed by atoms with Crippen LogP contribution in [0, 0.1) is 0 Å². The predicted octanol–water partition coefficient (Wildman–Crippen LogP) is -2.20. The summed E-state index contributed by atoms with van der Waals surface area (Å²) < 4.78 is 66.3. The molecule has 2 fully saturated rings. The summed E-state index contributed by atoms with van der Waals surface area (Å²) in [6, 6.07) is 2.45. The van der Waals surface area contributed by atoms with Crippen LogP contribution in [0.3, 0.4) is 0 Å². The summed E-state index contributed by atoms with van der Waals surface area (Å²) in [6.07, 6.45) is -8.35. The number of aliphatic hydroxyl groups excluding tert-OH is 2. The molecule has 10 atom stereocenters. The van der Waals surface area contributed by atoms with E-state index in [1.165, 1.54) is 18.3 Å². The average Bonchev–Trinajstić information content (AvgIpc) is 3.43. The summed E-state index contributed by atoms with van der Waals surface area (Å²) in [5.41, 5.74) is 9.02. The summed E-state index contributed by atoms with van der Waals surface area (Å²) in [6.45, 7) is -2.03. The van der Waals surface area contributed by atoms with Crippen LogP contribution in [0.4, 0.5) is 11.6 Å². The van der Waals surface area contributed by atoms with Gasteiger partial charge in [-0.3, -0.25) is 23.4 Å². The molecule has 10 N–H and O–H groups in total. The first-order valence-corrected chi connectivity index (χ1v) is 16.8. The van der Waals surface area contributed by atoms with Crippen LogP contribution in [0.15, 0.2) is 34.1 Å². The Balaban J connectivity index is 1.31. The van der Waals surface area contributed by atoms with Gasteiger partial charge in [-0.25, -0.2) is 28.2 Å². The van der Waals surface area contributed by atoms with Crippen LogP contribution in [0.5, 0.6) is 0 Å². The maximum Gasteiger partial charge on any atom is 0.490 e. The molecule has 2 aromatic heterocycles. The maximum atomic E-state index is 12.3. The van der Waals surface area contributed by atoms with E-state index < -0.39 is 91.0 Å². The fraction of sp³-hybridized carbons (Fsp3) is 0.556. The number of phosphoric acid groups is 3. The molecule has 0 aliphatic carbocycles. The first-order chi connectivity index (χ1) is 20.9. The summed E-state index contributed by atoms with van der Waals surface area (Å²) in [5.74, 6) is -0.233. The van der Waals surface area contributed by atoms with Gasteiger partial charge in [-0.05, 0) is 12.1 Å². The van der Waals surface area contributed by atoms with Gasteiger partial charge in [-0.1, -0.05) is 0 Å². The van der Waals surface area contributed by atoms with Gasteiger partial charge in [-0.15, -0.1) is 0 Å². The number of aliphatic hydroxyl groups is 2. The van der Waals surface area contributed by atoms with E-state index in [1.54, 1.807) is 0 Å². The Morgan fingerprint density at radius 3 is 1.87 bits per heavy atom. The smallest absolute Gasteiger partial charge is 0.390 e. The van der Waals surface area contributed by atoms with Crippen LogP contribution in [0.2, 0.25) is 0 Å². The second-order valence-corrected chi connectivity index (χ2v) is 13.9. The number of phosphoric ester groups is 2. The minimum atomic E-state index is -5.93. The summed E-state index contributed by atoms with van der Waals surface area (Å²) >= 11 is 0. The molecule has 0 spiro atoms. The molecule has 2 aliphatic rings. The molecular weight excluding hydrogens is 681 g/mol. The van der Waals surface area contributed by atoms with E-state index in [4.69, 9.17) is 26.2 Å². The lowest BCUT2D eigenvalue weighted by molar-refractivity contribution is -0.299. The Hall–Kier alpha value is -2.47. The largest absolute Gasteiger partial charge is 0.490 e. The number of aromatic nitrogens is 4. The lowest BCUT2D eigenvalue weighted by Crippen LogP contribution is -2.37. The Bertz CT molecular complexity index is 1640. The minimum absolute atomic E-state index is 0.0747. The van der Waals surface area contributed by atoms with Gasteiger partial charge in [0, 0.05) is 18.8 Å². The van der Waals surface area contributed by atoms with Crippen molar-refractivity contribution in [2.45, 2.75) is 49.4 Å². The number of nitrogens with zero attached hydrogens (tertiary/aromatic N) is 4. The standard InChI is InChI=1S/C18H27N6O18P3/c19-11-1-3-23(17(27)21-11)13-5-8(25)9(38-13)6-36-43(30,31)41-45(34,35)42-44(32,33)37-7-10-15(40-29)14(26)16(39-10)24-4-2-12(20)22-18(24)28/h1-4,8-10,13-16,25-26,29H,5-7H2,(H,30,31)(H,32,33)(H,34,35)(H2,19,21,27)(H2,20,22,28)/t8-,9+,10+,13+,14+,15+,16+/m0/s1. The molecule has 2 saturated heterocycles. The Morgan fingerprint density at radius 1 is 0.844 bits per heavy atom. The highest BCUT2D eigenvalue weighted by atomic mass is 31.3. The van der Waals surface area contributed by atoms with E-state index in [9.17, 15) is 48.2 Å². The maximum absolute atomic E-state index is 12.3. The lowest BCUT2D eigenvalue weighted by Gasteiger charge is -2.21. The molecule has 252 valence electrons. The van der Waals surface area contributed by atoms with Crippen molar-refractivity contribution in [3.8, 4) is 0 Å². The van der Waals surface area contributed by atoms with Crippen LogP contribution in [0.1, 0.15) is 18.9 Å². The molecule has 4 heterocycles. The molecule has 4 rings (SSSR count). The lowest BCUT2D eigenvalue weighted by atomic mass is 10.1. The van der Waals surface area contributed by atoms with E-state index in [2.05, 4.69) is 32.5 Å². The second kappa shape index (κ2) is 13.7. The Kier molecular flexibility index (Phi) is 10.8. The molecule has 0 bridgehead atoms. The molecule has 3 unspecified atom stereocenters. The minimum Gasteiger partial charge on any atom is -0.390 e. The molecule has 45 heavy (non-hydrogen) atoms. The number of nitrogen functional groups attached to an aromatic ring is 2. The van der Waals surface area contributed by atoms with Crippen LogP contribution in [0.25, 0.3) is 0 Å². The quantitative estimate of drug-likeness (QED) is 0.0621. The van der Waals surface area contributed by atoms with E-state index in [-0.39, 0.29) is 18.1 Å². The van der Waals surface area contributed by atoms with E-state index >= 15 is 0 Å². The molecule has 2 aliphatic heterocycles. The zero-order valence-electron chi connectivity index (χ0n) is 22.3. The SMILES string of the molecule is Nc1ccn([C@@H]2O[C@H](COP(=O)(O)OP(=O)(O)OP(=O)(O)OC[C@H]3O[C@@H](n4ccc(N)nc4=O)C[C@@H]3O)[C@@H](OO)[C@H]2O)c(=O)n1. The number of ether oxygens (including phenoxy) is 2. The topological polar surface area (TPSA) is 359 Å². The molecule has 27 heteroatoms. The molecule has 2 aromatic rings. The van der Waals surface area contributed by atoms with Crippen molar-refractivity contribution in [2.24, 2.45) is 0 Å². The molecular formula is C18H27N6O18P3. The van der Waals surface area contributed by atoms with Gasteiger partial charge in [0.15, 0.2) is 12.3 Å². The first-order valence-electron chi connectivity index (χ1n) is 12.3. The predicted molar refractivity (Wildman–Crippen MR) is 141 cm³/mol. The van der Waals surface area contributed by atoms with Gasteiger partial charge in [0.1, 0.15) is 36.2 Å². The highest BCUT2D eigenvalue weighted by molar-refractivity contribution is 7.66. The monoisotopic (exact) mass is 708 g/mol. The van der Waals surface area contributed by atoms with Gasteiger partial charge < -0.3 is 45.8 Å². The normalized spacial score (nSPS) is 30.8. The molecule has 24 nitrogen and oxygen atoms in total. The van der Waals surface area contributed by atoms with Crippen LogP contribution >= 0.6 is 23.5 Å². The van der Waals surface area contributed by atoms with Gasteiger partial charge in [0.2, 0.25) is 0 Å². The number of hydrogen-bond acceptors (Lipinski definition) is 19. The number of rotatable bonds is 13. The zero-order valence-corrected chi connectivity index (χ0v) is 25.0. The van der Waals surface area contributed by atoms with Crippen molar-refractivity contribution in [3.63, 3.8) is 0 Å². The van der Waals surface area contributed by atoms with Gasteiger partial charge in [-0.2, -0.15) is 18.6 Å². The number of anilines is 2. The molecule has 0 saturated carbocycles. The van der Waals surface area contributed by atoms with Crippen molar-refractivity contribution >= 4 is 35.1 Å². The summed E-state index contributed by atoms with van der Waals surface area (Å²) in [5, 5.41) is 29.7. The average molecular weight is 708 g/mol. The van der Waals surface area contributed by atoms with Crippen molar-refractivity contribution in [2.75, 3.05) is 24.7 Å². The molecule has 0 radical (unpaired) electrons. The van der Waals surface area contributed by atoms with E-state index in [1.807, 2.05) is 0 Å². The van der Waals surface area contributed by atoms with E-state index in [0.717, 1.165) is 15.3 Å². The summed E-state index contributed by atoms with van der Waals surface area (Å²) in [7, 11) is -17.2. The Morgan fingerprint density at radius 2 is 1.36 bits per heavy atom. The Labute approximate surface area is 250 Å². The highest BCUT2D eigenvalue weighted by Gasteiger charge is 2.49.